The number of rotatable bonds is 5. The van der Waals surface area contributed by atoms with E-state index in [1.54, 1.807) is 0 Å². The van der Waals surface area contributed by atoms with Gasteiger partial charge in [-0.25, -0.2) is 4.79 Å². The number of carbonyl (C=O) groups is 1. The van der Waals surface area contributed by atoms with E-state index in [-0.39, 0.29) is 12.7 Å². The molecule has 0 aromatic carbocycles. The molecule has 122 valence electrons. The molecule has 0 bridgehead atoms. The Hall–Kier alpha value is -0.810. The van der Waals surface area contributed by atoms with Crippen molar-refractivity contribution in [2.45, 2.75) is 70.6 Å². The fourth-order valence-electron chi connectivity index (χ4n) is 2.98. The summed E-state index contributed by atoms with van der Waals surface area (Å²) in [5.41, 5.74) is -0.444. The van der Waals surface area contributed by atoms with Crippen LogP contribution in [-0.4, -0.2) is 53.5 Å². The molecule has 5 nitrogen and oxygen atoms in total. The molecule has 2 fully saturated rings. The molecule has 5 heteroatoms. The summed E-state index contributed by atoms with van der Waals surface area (Å²) < 4.78 is 5.48. The average Bonchev–Trinajstić information content (AvgIpc) is 3.20. The largest absolute Gasteiger partial charge is 0.444 e. The van der Waals surface area contributed by atoms with Gasteiger partial charge in [-0.05, 0) is 58.8 Å². The first kappa shape index (κ1) is 16.6. The lowest BCUT2D eigenvalue weighted by Gasteiger charge is -2.38. The Labute approximate surface area is 128 Å². The minimum absolute atomic E-state index is 0.202. The molecule has 1 saturated heterocycles. The molecule has 0 aromatic rings. The second-order valence-electron chi connectivity index (χ2n) is 7.39. The molecule has 2 aliphatic rings. The van der Waals surface area contributed by atoms with Crippen molar-refractivity contribution < 1.29 is 14.6 Å². The van der Waals surface area contributed by atoms with E-state index in [0.29, 0.717) is 18.0 Å². The molecule has 1 aliphatic carbocycles. The van der Waals surface area contributed by atoms with Gasteiger partial charge in [-0.2, -0.15) is 0 Å². The number of amides is 1. The number of aliphatic hydroxyl groups is 1. The van der Waals surface area contributed by atoms with Crippen LogP contribution in [0.4, 0.5) is 4.79 Å². The zero-order chi connectivity index (χ0) is 15.5. The van der Waals surface area contributed by atoms with Gasteiger partial charge >= 0.3 is 6.09 Å². The molecule has 0 unspecified atom stereocenters. The van der Waals surface area contributed by atoms with Crippen molar-refractivity contribution in [3.63, 3.8) is 0 Å². The Morgan fingerprint density at radius 2 is 2.10 bits per heavy atom. The van der Waals surface area contributed by atoms with E-state index < -0.39 is 5.60 Å². The SMILES string of the molecule is CC(C)(C)OC(=O)N1CCC[C@H]([C@@H](CCO)NC2CC2)C1. The highest BCUT2D eigenvalue weighted by Crippen LogP contribution is 2.27. The molecule has 1 amide bonds. The number of piperidine rings is 1. The highest BCUT2D eigenvalue weighted by Gasteiger charge is 2.34. The van der Waals surface area contributed by atoms with Gasteiger partial charge in [0.1, 0.15) is 5.60 Å². The smallest absolute Gasteiger partial charge is 0.410 e. The Bertz CT molecular complexity index is 350. The van der Waals surface area contributed by atoms with Crippen LogP contribution in [0.2, 0.25) is 0 Å². The topological polar surface area (TPSA) is 61.8 Å². The third-order valence-electron chi connectivity index (χ3n) is 4.15. The number of aliphatic hydroxyl groups excluding tert-OH is 1. The lowest BCUT2D eigenvalue weighted by atomic mass is 9.89. The third-order valence-corrected chi connectivity index (χ3v) is 4.15. The molecule has 1 heterocycles. The quantitative estimate of drug-likeness (QED) is 0.816. The van der Waals surface area contributed by atoms with Gasteiger partial charge in [0.2, 0.25) is 0 Å². The molecular formula is C16H30N2O3. The van der Waals surface area contributed by atoms with E-state index >= 15 is 0 Å². The van der Waals surface area contributed by atoms with E-state index in [9.17, 15) is 9.90 Å². The monoisotopic (exact) mass is 298 g/mol. The zero-order valence-corrected chi connectivity index (χ0v) is 13.6. The van der Waals surface area contributed by atoms with Gasteiger partial charge < -0.3 is 20.1 Å². The second-order valence-corrected chi connectivity index (χ2v) is 7.39. The third kappa shape index (κ3) is 5.47. The summed E-state index contributed by atoms with van der Waals surface area (Å²) in [5.74, 6) is 0.416. The molecule has 2 N–H and O–H groups in total. The van der Waals surface area contributed by atoms with Gasteiger partial charge in [0, 0.05) is 31.8 Å². The summed E-state index contributed by atoms with van der Waals surface area (Å²) in [6, 6.07) is 0.936. The standard InChI is InChI=1S/C16H30N2O3/c1-16(2,3)21-15(20)18-9-4-5-12(11-18)14(8-10-19)17-13-6-7-13/h12-14,17,19H,4-11H2,1-3H3/t12-,14+/m0/s1. The lowest BCUT2D eigenvalue weighted by Crippen LogP contribution is -2.49. The van der Waals surface area contributed by atoms with Crippen LogP contribution in [-0.2, 0) is 4.74 Å². The van der Waals surface area contributed by atoms with Crippen LogP contribution in [0.25, 0.3) is 0 Å². The van der Waals surface area contributed by atoms with Gasteiger partial charge in [-0.15, -0.1) is 0 Å². The van der Waals surface area contributed by atoms with E-state index in [1.807, 2.05) is 25.7 Å². The summed E-state index contributed by atoms with van der Waals surface area (Å²) in [4.78, 5) is 14.0. The van der Waals surface area contributed by atoms with E-state index in [4.69, 9.17) is 4.74 Å². The molecule has 0 aromatic heterocycles. The van der Waals surface area contributed by atoms with Crippen molar-refractivity contribution in [2.75, 3.05) is 19.7 Å². The van der Waals surface area contributed by atoms with E-state index in [0.717, 1.165) is 32.4 Å². The van der Waals surface area contributed by atoms with Crippen LogP contribution in [0.15, 0.2) is 0 Å². The van der Waals surface area contributed by atoms with Crippen LogP contribution in [0, 0.1) is 5.92 Å². The lowest BCUT2D eigenvalue weighted by molar-refractivity contribution is 0.0138. The molecule has 21 heavy (non-hydrogen) atoms. The summed E-state index contributed by atoms with van der Waals surface area (Å²) >= 11 is 0. The van der Waals surface area contributed by atoms with Crippen LogP contribution >= 0.6 is 0 Å². The zero-order valence-electron chi connectivity index (χ0n) is 13.6. The Morgan fingerprint density at radius 1 is 1.38 bits per heavy atom. The van der Waals surface area contributed by atoms with Gasteiger partial charge in [0.05, 0.1) is 0 Å². The molecule has 1 aliphatic heterocycles. The van der Waals surface area contributed by atoms with Crippen LogP contribution in [0.3, 0.4) is 0 Å². The predicted molar refractivity (Wildman–Crippen MR) is 82.2 cm³/mol. The first-order valence-electron chi connectivity index (χ1n) is 8.24. The maximum atomic E-state index is 12.2. The number of hydrogen-bond acceptors (Lipinski definition) is 4. The Balaban J connectivity index is 1.89. The predicted octanol–water partition coefficient (Wildman–Crippen LogP) is 2.14. The van der Waals surface area contributed by atoms with Gasteiger partial charge in [-0.1, -0.05) is 0 Å². The number of ether oxygens (including phenoxy) is 1. The van der Waals surface area contributed by atoms with Crippen molar-refractivity contribution >= 4 is 6.09 Å². The second kappa shape index (κ2) is 6.97. The minimum atomic E-state index is -0.444. The highest BCUT2D eigenvalue weighted by atomic mass is 16.6. The van der Waals surface area contributed by atoms with E-state index in [1.165, 1.54) is 12.8 Å². The van der Waals surface area contributed by atoms with Gasteiger partial charge in [0.15, 0.2) is 0 Å². The summed E-state index contributed by atoms with van der Waals surface area (Å²) in [6.07, 6.45) is 5.17. The molecule has 0 spiro atoms. The average molecular weight is 298 g/mol. The number of nitrogens with one attached hydrogen (secondary N) is 1. The number of carbonyl (C=O) groups excluding carboxylic acids is 1. The Kier molecular flexibility index (Phi) is 5.49. The van der Waals surface area contributed by atoms with E-state index in [2.05, 4.69) is 5.32 Å². The molecule has 0 radical (unpaired) electrons. The molecular weight excluding hydrogens is 268 g/mol. The maximum absolute atomic E-state index is 12.2. The molecule has 1 saturated carbocycles. The van der Waals surface area contributed by atoms with Crippen LogP contribution < -0.4 is 5.32 Å². The summed E-state index contributed by atoms with van der Waals surface area (Å²) in [7, 11) is 0. The Morgan fingerprint density at radius 3 is 2.67 bits per heavy atom. The normalized spacial score (nSPS) is 24.8. The number of hydrogen-bond donors (Lipinski definition) is 2. The number of nitrogens with zero attached hydrogens (tertiary/aromatic N) is 1. The van der Waals surface area contributed by atoms with Crippen molar-refractivity contribution in [1.82, 2.24) is 10.2 Å². The fourth-order valence-corrected chi connectivity index (χ4v) is 2.98. The molecule has 2 rings (SSSR count). The maximum Gasteiger partial charge on any atom is 0.410 e. The van der Waals surface area contributed by atoms with Crippen molar-refractivity contribution in [3.8, 4) is 0 Å². The van der Waals surface area contributed by atoms with Crippen molar-refractivity contribution in [3.05, 3.63) is 0 Å². The highest BCUT2D eigenvalue weighted by molar-refractivity contribution is 5.68. The van der Waals surface area contributed by atoms with Gasteiger partial charge in [-0.3, -0.25) is 0 Å². The first-order valence-corrected chi connectivity index (χ1v) is 8.24. The first-order chi connectivity index (χ1) is 9.89. The van der Waals surface area contributed by atoms with Crippen molar-refractivity contribution in [1.29, 1.82) is 0 Å². The molecule has 2 atom stereocenters. The minimum Gasteiger partial charge on any atom is -0.444 e. The van der Waals surface area contributed by atoms with Gasteiger partial charge in [0.25, 0.3) is 0 Å². The number of likely N-dealkylation sites (tertiary alicyclic amines) is 1. The fraction of sp³-hybridized carbons (Fsp3) is 0.938. The van der Waals surface area contributed by atoms with Crippen LogP contribution in [0.1, 0.15) is 52.9 Å². The summed E-state index contributed by atoms with van der Waals surface area (Å²) in [6.45, 7) is 7.41. The van der Waals surface area contributed by atoms with Crippen LogP contribution in [0.5, 0.6) is 0 Å². The summed E-state index contributed by atoms with van der Waals surface area (Å²) in [5, 5.41) is 12.9. The van der Waals surface area contributed by atoms with Crippen molar-refractivity contribution in [2.24, 2.45) is 5.92 Å².